The lowest BCUT2D eigenvalue weighted by molar-refractivity contribution is -0.000663. The second-order valence-corrected chi connectivity index (χ2v) is 10.8. The first-order chi connectivity index (χ1) is 15.4. The van der Waals surface area contributed by atoms with Crippen LogP contribution >= 0.6 is 0 Å². The largest absolute Gasteiger partial charge is 0.359 e. The van der Waals surface area contributed by atoms with Gasteiger partial charge in [0.2, 0.25) is 16.0 Å². The number of halogens is 4. The van der Waals surface area contributed by atoms with Crippen molar-refractivity contribution in [3.05, 3.63) is 18.0 Å². The molecule has 2 fully saturated rings. The van der Waals surface area contributed by atoms with E-state index in [9.17, 15) is 26.0 Å². The van der Waals surface area contributed by atoms with Crippen LogP contribution in [0.1, 0.15) is 44.7 Å². The van der Waals surface area contributed by atoms with E-state index in [0.717, 1.165) is 6.07 Å². The summed E-state index contributed by atoms with van der Waals surface area (Å²) in [5, 5.41) is 6.08. The van der Waals surface area contributed by atoms with Crippen LogP contribution in [-0.4, -0.2) is 65.0 Å². The molecule has 1 aliphatic carbocycles. The molecule has 13 heteroatoms. The van der Waals surface area contributed by atoms with Crippen molar-refractivity contribution < 1.29 is 26.0 Å². The Morgan fingerprint density at radius 2 is 1.97 bits per heavy atom. The molecule has 0 spiro atoms. The van der Waals surface area contributed by atoms with Crippen LogP contribution in [-0.2, 0) is 10.0 Å². The molecule has 182 valence electrons. The fourth-order valence-corrected chi connectivity index (χ4v) is 5.34. The first kappa shape index (κ1) is 23.9. The van der Waals surface area contributed by atoms with Gasteiger partial charge in [-0.05, 0) is 31.2 Å². The Bertz CT molecular complexity index is 1130. The van der Waals surface area contributed by atoms with Gasteiger partial charge < -0.3 is 10.6 Å². The number of pyridine rings is 1. The normalized spacial score (nSPS) is 26.1. The summed E-state index contributed by atoms with van der Waals surface area (Å²) in [6.07, 6.45) is 0.415. The maximum absolute atomic E-state index is 14.2. The van der Waals surface area contributed by atoms with Gasteiger partial charge in [0.25, 0.3) is 12.3 Å². The van der Waals surface area contributed by atoms with E-state index < -0.39 is 34.1 Å². The SMILES string of the molecule is C[C@@H]1CN(S(C)(=O)=O)CC[C@@H]1Nc1ncc2cc(C(F)F)nc(N[C@@H]3CCCC3(F)F)c2n1. The van der Waals surface area contributed by atoms with Gasteiger partial charge in [0.1, 0.15) is 11.2 Å². The standard InChI is InChI=1S/C20H26F4N6O2S/c1-11-10-30(33(2,31)32)7-5-13(11)27-19-25-9-12-8-14(17(21)22)26-18(16(12)29-19)28-15-4-3-6-20(15,23)24/h8-9,11,13,15,17H,3-7,10H2,1-2H3,(H,26,28)(H,25,27,29)/t11-,13+,15-/m1/s1. The molecule has 2 aromatic heterocycles. The monoisotopic (exact) mass is 490 g/mol. The molecule has 2 aromatic rings. The highest BCUT2D eigenvalue weighted by Gasteiger charge is 2.44. The Kier molecular flexibility index (Phi) is 6.38. The van der Waals surface area contributed by atoms with Gasteiger partial charge in [0, 0.05) is 37.1 Å². The number of aromatic nitrogens is 3. The van der Waals surface area contributed by atoms with E-state index in [1.54, 1.807) is 0 Å². The zero-order valence-corrected chi connectivity index (χ0v) is 19.0. The molecule has 8 nitrogen and oxygen atoms in total. The smallest absolute Gasteiger partial charge is 0.280 e. The number of sulfonamides is 1. The van der Waals surface area contributed by atoms with Crippen LogP contribution in [0, 0.1) is 5.92 Å². The molecule has 1 aliphatic heterocycles. The summed E-state index contributed by atoms with van der Waals surface area (Å²) in [4.78, 5) is 12.5. The molecule has 0 unspecified atom stereocenters. The molecule has 0 amide bonds. The zero-order valence-electron chi connectivity index (χ0n) is 18.2. The van der Waals surface area contributed by atoms with Gasteiger partial charge in [0.15, 0.2) is 5.82 Å². The molecule has 0 radical (unpaired) electrons. The molecule has 1 saturated heterocycles. The highest BCUT2D eigenvalue weighted by Crippen LogP contribution is 2.38. The summed E-state index contributed by atoms with van der Waals surface area (Å²) < 4.78 is 80.1. The molecule has 0 bridgehead atoms. The van der Waals surface area contributed by atoms with Crippen LogP contribution in [0.2, 0.25) is 0 Å². The van der Waals surface area contributed by atoms with Crippen LogP contribution in [0.3, 0.4) is 0 Å². The lowest BCUT2D eigenvalue weighted by atomic mass is 9.95. The Hall–Kier alpha value is -2.28. The zero-order chi connectivity index (χ0) is 24.0. The van der Waals surface area contributed by atoms with Gasteiger partial charge in [-0.15, -0.1) is 0 Å². The van der Waals surface area contributed by atoms with Gasteiger partial charge in [0.05, 0.1) is 12.3 Å². The van der Waals surface area contributed by atoms with Gasteiger partial charge in [-0.1, -0.05) is 6.92 Å². The predicted octanol–water partition coefficient (Wildman–Crippen LogP) is 3.64. The number of nitrogens with zero attached hydrogens (tertiary/aromatic N) is 4. The minimum absolute atomic E-state index is 0.0399. The van der Waals surface area contributed by atoms with Crippen molar-refractivity contribution in [2.45, 2.75) is 57.0 Å². The van der Waals surface area contributed by atoms with Crippen LogP contribution in [0.4, 0.5) is 29.3 Å². The quantitative estimate of drug-likeness (QED) is 0.597. The number of alkyl halides is 4. The predicted molar refractivity (Wildman–Crippen MR) is 116 cm³/mol. The van der Waals surface area contributed by atoms with E-state index in [0.29, 0.717) is 25.9 Å². The summed E-state index contributed by atoms with van der Waals surface area (Å²) in [6.45, 7) is 2.59. The van der Waals surface area contributed by atoms with Crippen molar-refractivity contribution in [3.8, 4) is 0 Å². The van der Waals surface area contributed by atoms with Crippen LogP contribution in [0.15, 0.2) is 12.3 Å². The molecule has 1 saturated carbocycles. The van der Waals surface area contributed by atoms with Crippen molar-refractivity contribution in [2.24, 2.45) is 5.92 Å². The molecule has 3 heterocycles. The maximum atomic E-state index is 14.2. The summed E-state index contributed by atoms with van der Waals surface area (Å²) in [7, 11) is -3.29. The highest BCUT2D eigenvalue weighted by molar-refractivity contribution is 7.88. The fraction of sp³-hybridized carbons (Fsp3) is 0.650. The number of hydrogen-bond donors (Lipinski definition) is 2. The van der Waals surface area contributed by atoms with E-state index in [1.807, 2.05) is 6.92 Å². The summed E-state index contributed by atoms with van der Waals surface area (Å²) >= 11 is 0. The van der Waals surface area contributed by atoms with Gasteiger partial charge in [-0.2, -0.15) is 0 Å². The van der Waals surface area contributed by atoms with Gasteiger partial charge >= 0.3 is 0 Å². The third-order valence-electron chi connectivity index (χ3n) is 6.28. The number of anilines is 2. The number of nitrogens with one attached hydrogen (secondary N) is 2. The Balaban J connectivity index is 1.61. The minimum atomic E-state index is -3.29. The Morgan fingerprint density at radius 1 is 1.21 bits per heavy atom. The third kappa shape index (κ3) is 5.13. The van der Waals surface area contributed by atoms with Crippen LogP contribution < -0.4 is 10.6 Å². The average Bonchev–Trinajstić information content (AvgIpc) is 3.06. The minimum Gasteiger partial charge on any atom is -0.359 e. The lowest BCUT2D eigenvalue weighted by Gasteiger charge is -2.35. The van der Waals surface area contributed by atoms with Gasteiger partial charge in [-0.25, -0.2) is 45.2 Å². The number of fused-ring (bicyclic) bond motifs is 1. The first-order valence-corrected chi connectivity index (χ1v) is 12.6. The molecular weight excluding hydrogens is 464 g/mol. The van der Waals surface area contributed by atoms with Crippen molar-refractivity contribution in [3.63, 3.8) is 0 Å². The topological polar surface area (TPSA) is 100 Å². The van der Waals surface area contributed by atoms with Crippen molar-refractivity contribution in [2.75, 3.05) is 30.0 Å². The van der Waals surface area contributed by atoms with E-state index in [4.69, 9.17) is 0 Å². The second kappa shape index (κ2) is 8.82. The molecule has 33 heavy (non-hydrogen) atoms. The van der Waals surface area contributed by atoms with E-state index >= 15 is 0 Å². The van der Waals surface area contributed by atoms with Crippen molar-refractivity contribution in [1.29, 1.82) is 0 Å². The van der Waals surface area contributed by atoms with Gasteiger partial charge in [-0.3, -0.25) is 0 Å². The maximum Gasteiger partial charge on any atom is 0.280 e. The summed E-state index contributed by atoms with van der Waals surface area (Å²) in [5.74, 6) is -2.94. The molecule has 2 aliphatic rings. The molecule has 3 atom stereocenters. The average molecular weight is 491 g/mol. The number of rotatable bonds is 6. The van der Waals surface area contributed by atoms with E-state index in [-0.39, 0.29) is 47.5 Å². The highest BCUT2D eigenvalue weighted by atomic mass is 32.2. The molecule has 2 N–H and O–H groups in total. The lowest BCUT2D eigenvalue weighted by Crippen LogP contribution is -2.47. The number of piperidine rings is 1. The summed E-state index contributed by atoms with van der Waals surface area (Å²) in [6, 6.07) is -0.188. The molecule has 0 aromatic carbocycles. The summed E-state index contributed by atoms with van der Waals surface area (Å²) in [5.41, 5.74) is -0.377. The first-order valence-electron chi connectivity index (χ1n) is 10.8. The van der Waals surface area contributed by atoms with E-state index in [2.05, 4.69) is 25.6 Å². The second-order valence-electron chi connectivity index (χ2n) is 8.82. The Labute approximate surface area is 189 Å². The van der Waals surface area contributed by atoms with Crippen molar-refractivity contribution in [1.82, 2.24) is 19.3 Å². The van der Waals surface area contributed by atoms with Crippen LogP contribution in [0.5, 0.6) is 0 Å². The molecule has 4 rings (SSSR count). The van der Waals surface area contributed by atoms with Crippen molar-refractivity contribution >= 4 is 32.7 Å². The van der Waals surface area contributed by atoms with Crippen LogP contribution in [0.25, 0.3) is 10.9 Å². The Morgan fingerprint density at radius 3 is 2.58 bits per heavy atom. The van der Waals surface area contributed by atoms with E-state index in [1.165, 1.54) is 16.8 Å². The third-order valence-corrected chi connectivity index (χ3v) is 7.55. The molecular formula is C20H26F4N6O2S. The fourth-order valence-electron chi connectivity index (χ4n) is 4.40. The number of hydrogen-bond acceptors (Lipinski definition) is 7.